The first kappa shape index (κ1) is 21.6. The molecule has 2 aliphatic rings. The summed E-state index contributed by atoms with van der Waals surface area (Å²) in [5.74, 6) is -1.21. The average Bonchev–Trinajstić information content (AvgIpc) is 2.84. The van der Waals surface area contributed by atoms with Gasteiger partial charge in [-0.15, -0.1) is 6.58 Å². The van der Waals surface area contributed by atoms with E-state index in [1.54, 1.807) is 0 Å². The lowest BCUT2D eigenvalue weighted by Gasteiger charge is -2.43. The molecule has 5 heteroatoms. The van der Waals surface area contributed by atoms with Crippen molar-refractivity contribution in [3.8, 4) is 0 Å². The van der Waals surface area contributed by atoms with E-state index in [4.69, 9.17) is 5.11 Å². The van der Waals surface area contributed by atoms with Crippen LogP contribution in [0.3, 0.4) is 0 Å². The third-order valence-electron chi connectivity index (χ3n) is 6.12. The summed E-state index contributed by atoms with van der Waals surface area (Å²) in [5.41, 5.74) is -0.174. The zero-order valence-electron chi connectivity index (χ0n) is 15.9. The van der Waals surface area contributed by atoms with E-state index in [2.05, 4.69) is 6.58 Å². The number of aliphatic hydroxyl groups is 2. The van der Waals surface area contributed by atoms with E-state index in [0.29, 0.717) is 25.7 Å². The predicted octanol–water partition coefficient (Wildman–Crippen LogP) is 3.42. The first-order valence-corrected chi connectivity index (χ1v) is 9.95. The number of ketones is 1. The molecule has 2 aliphatic carbocycles. The maximum absolute atomic E-state index is 12.2. The summed E-state index contributed by atoms with van der Waals surface area (Å²) in [4.78, 5) is 22.7. The number of carbonyl (C=O) groups is 2. The van der Waals surface area contributed by atoms with Crippen LogP contribution >= 0.6 is 0 Å². The molecule has 27 heavy (non-hydrogen) atoms. The van der Waals surface area contributed by atoms with Crippen LogP contribution < -0.4 is 0 Å². The fraction of sp³-hybridized carbons (Fsp3) is 0.636. The van der Waals surface area contributed by atoms with Crippen molar-refractivity contribution in [3.05, 3.63) is 37.0 Å². The van der Waals surface area contributed by atoms with Gasteiger partial charge in [0.1, 0.15) is 5.78 Å². The fourth-order valence-electron chi connectivity index (χ4n) is 4.12. The Morgan fingerprint density at radius 1 is 1.30 bits per heavy atom. The monoisotopic (exact) mass is 376 g/mol. The standard InChI is InChI=1S/C22H32O5/c1-2-22(13-8-14-22)20(25)11-7-10-17-16(18(23)15-19(17)24)9-5-3-4-6-12-21(26)27/h2-3,5,7,10,16-17,19-20,24-25H,1,4,6,8-9,11-15H2,(H,26,27)/t16-,17-,19-,20?/m1/s1. The molecule has 2 rings (SSSR count). The molecule has 0 heterocycles. The molecule has 0 aliphatic heterocycles. The van der Waals surface area contributed by atoms with Crippen molar-refractivity contribution in [1.29, 1.82) is 0 Å². The van der Waals surface area contributed by atoms with Crippen molar-refractivity contribution in [1.82, 2.24) is 0 Å². The minimum absolute atomic E-state index is 0.0643. The van der Waals surface area contributed by atoms with Crippen LogP contribution in [0.15, 0.2) is 37.0 Å². The van der Waals surface area contributed by atoms with Gasteiger partial charge in [0.2, 0.25) is 0 Å². The number of aliphatic carboxylic acids is 1. The molecule has 0 saturated heterocycles. The number of aliphatic hydroxyl groups excluding tert-OH is 2. The van der Waals surface area contributed by atoms with Gasteiger partial charge in [0.05, 0.1) is 12.2 Å². The Balaban J connectivity index is 1.85. The average molecular weight is 376 g/mol. The Labute approximate surface area is 161 Å². The topological polar surface area (TPSA) is 94.8 Å². The SMILES string of the molecule is C=CC1(C(O)CC=C[C@H]2[C@H](O)CC(=O)[C@@H]2CC=CCCCC(=O)O)CCC1. The number of allylic oxidation sites excluding steroid dienone is 2. The molecule has 2 fully saturated rings. The van der Waals surface area contributed by atoms with Crippen LogP contribution in [-0.2, 0) is 9.59 Å². The summed E-state index contributed by atoms with van der Waals surface area (Å²) >= 11 is 0. The second-order valence-electron chi connectivity index (χ2n) is 7.89. The van der Waals surface area contributed by atoms with Gasteiger partial charge in [-0.05, 0) is 38.5 Å². The Bertz CT molecular complexity index is 588. The summed E-state index contributed by atoms with van der Waals surface area (Å²) < 4.78 is 0. The summed E-state index contributed by atoms with van der Waals surface area (Å²) in [6, 6.07) is 0. The van der Waals surface area contributed by atoms with E-state index in [9.17, 15) is 19.8 Å². The smallest absolute Gasteiger partial charge is 0.303 e. The summed E-state index contributed by atoms with van der Waals surface area (Å²) in [7, 11) is 0. The molecular formula is C22H32O5. The molecule has 2 saturated carbocycles. The van der Waals surface area contributed by atoms with Gasteiger partial charge in [0, 0.05) is 30.1 Å². The highest BCUT2D eigenvalue weighted by Crippen LogP contribution is 2.46. The molecule has 0 radical (unpaired) electrons. The lowest BCUT2D eigenvalue weighted by Crippen LogP contribution is -2.39. The van der Waals surface area contributed by atoms with E-state index < -0.39 is 18.2 Å². The molecule has 0 aromatic rings. The van der Waals surface area contributed by atoms with Gasteiger partial charge in [-0.2, -0.15) is 0 Å². The molecule has 0 aromatic heterocycles. The zero-order valence-corrected chi connectivity index (χ0v) is 15.9. The van der Waals surface area contributed by atoms with E-state index in [1.807, 2.05) is 30.4 Å². The summed E-state index contributed by atoms with van der Waals surface area (Å²) in [6.45, 7) is 3.85. The van der Waals surface area contributed by atoms with Gasteiger partial charge in [-0.1, -0.05) is 36.8 Å². The van der Waals surface area contributed by atoms with Gasteiger partial charge < -0.3 is 15.3 Å². The summed E-state index contributed by atoms with van der Waals surface area (Å²) in [5, 5.41) is 29.3. The van der Waals surface area contributed by atoms with E-state index >= 15 is 0 Å². The zero-order chi connectivity index (χ0) is 19.9. The van der Waals surface area contributed by atoms with Crippen LogP contribution in [0, 0.1) is 17.3 Å². The van der Waals surface area contributed by atoms with Crippen molar-refractivity contribution < 1.29 is 24.9 Å². The van der Waals surface area contributed by atoms with Crippen molar-refractivity contribution in [2.45, 2.75) is 70.0 Å². The molecule has 150 valence electrons. The van der Waals surface area contributed by atoms with Gasteiger partial charge in [-0.3, -0.25) is 9.59 Å². The molecule has 0 bridgehead atoms. The summed E-state index contributed by atoms with van der Waals surface area (Å²) in [6.07, 6.45) is 14.0. The maximum atomic E-state index is 12.2. The lowest BCUT2D eigenvalue weighted by molar-refractivity contribution is -0.137. The Morgan fingerprint density at radius 3 is 2.63 bits per heavy atom. The normalized spacial score (nSPS) is 28.5. The molecule has 0 spiro atoms. The Hall–Kier alpha value is -1.72. The second-order valence-corrected chi connectivity index (χ2v) is 7.89. The number of hydrogen-bond donors (Lipinski definition) is 3. The minimum Gasteiger partial charge on any atom is -0.481 e. The van der Waals surface area contributed by atoms with Crippen LogP contribution in [-0.4, -0.2) is 39.3 Å². The van der Waals surface area contributed by atoms with E-state index in [0.717, 1.165) is 19.3 Å². The quantitative estimate of drug-likeness (QED) is 0.379. The highest BCUT2D eigenvalue weighted by atomic mass is 16.4. The molecule has 0 amide bonds. The third-order valence-corrected chi connectivity index (χ3v) is 6.12. The Kier molecular flexibility index (Phi) is 7.99. The van der Waals surface area contributed by atoms with E-state index in [1.165, 1.54) is 0 Å². The number of carboxylic acid groups (broad SMARTS) is 1. The van der Waals surface area contributed by atoms with Gasteiger partial charge in [0.15, 0.2) is 0 Å². The second kappa shape index (κ2) is 10.00. The molecule has 0 aromatic carbocycles. The molecule has 3 N–H and O–H groups in total. The minimum atomic E-state index is -0.801. The molecule has 1 unspecified atom stereocenters. The van der Waals surface area contributed by atoms with Crippen molar-refractivity contribution in [2.75, 3.05) is 0 Å². The molecule has 5 nitrogen and oxygen atoms in total. The van der Waals surface area contributed by atoms with Crippen LogP contribution in [0.1, 0.15) is 57.8 Å². The van der Waals surface area contributed by atoms with Gasteiger partial charge >= 0.3 is 5.97 Å². The maximum Gasteiger partial charge on any atom is 0.303 e. The highest BCUT2D eigenvalue weighted by molar-refractivity contribution is 5.84. The van der Waals surface area contributed by atoms with Gasteiger partial charge in [-0.25, -0.2) is 0 Å². The number of carbonyl (C=O) groups excluding carboxylic acids is 1. The van der Waals surface area contributed by atoms with Crippen LogP contribution in [0.2, 0.25) is 0 Å². The largest absolute Gasteiger partial charge is 0.481 e. The molecule has 4 atom stereocenters. The predicted molar refractivity (Wildman–Crippen MR) is 104 cm³/mol. The molecular weight excluding hydrogens is 344 g/mol. The highest BCUT2D eigenvalue weighted by Gasteiger charge is 2.41. The van der Waals surface area contributed by atoms with E-state index in [-0.39, 0.29) is 35.9 Å². The number of hydrogen-bond acceptors (Lipinski definition) is 4. The van der Waals surface area contributed by atoms with Crippen LogP contribution in [0.4, 0.5) is 0 Å². The fourth-order valence-corrected chi connectivity index (χ4v) is 4.12. The number of unbranched alkanes of at least 4 members (excludes halogenated alkanes) is 1. The number of Topliss-reactive ketones (excluding diaryl/α,β-unsaturated/α-hetero) is 1. The lowest BCUT2D eigenvalue weighted by atomic mass is 9.64. The van der Waals surface area contributed by atoms with Crippen LogP contribution in [0.5, 0.6) is 0 Å². The van der Waals surface area contributed by atoms with Crippen molar-refractivity contribution >= 4 is 11.8 Å². The van der Waals surface area contributed by atoms with Crippen molar-refractivity contribution in [3.63, 3.8) is 0 Å². The number of carboxylic acids is 1. The first-order chi connectivity index (χ1) is 12.9. The Morgan fingerprint density at radius 2 is 2.04 bits per heavy atom. The van der Waals surface area contributed by atoms with Crippen molar-refractivity contribution in [2.24, 2.45) is 17.3 Å². The first-order valence-electron chi connectivity index (χ1n) is 9.95. The third kappa shape index (κ3) is 5.63. The van der Waals surface area contributed by atoms with Gasteiger partial charge in [0.25, 0.3) is 0 Å². The van der Waals surface area contributed by atoms with Crippen LogP contribution in [0.25, 0.3) is 0 Å². The number of rotatable bonds is 11.